The number of thiophene rings is 1. The summed E-state index contributed by atoms with van der Waals surface area (Å²) in [5.41, 5.74) is -2.86. The summed E-state index contributed by atoms with van der Waals surface area (Å²) < 4.78 is 53.5. The second-order valence-corrected chi connectivity index (χ2v) is 12.1. The molecule has 0 spiro atoms. The maximum absolute atomic E-state index is 14.1. The van der Waals surface area contributed by atoms with Gasteiger partial charge in [-0.1, -0.05) is 39.1 Å². The van der Waals surface area contributed by atoms with Crippen molar-refractivity contribution in [3.8, 4) is 24.0 Å². The smallest absolute Gasteiger partial charge is 0.432 e. The molecule has 0 amide bonds. The summed E-state index contributed by atoms with van der Waals surface area (Å²) >= 11 is 1.30. The number of benzene rings is 1. The fraction of sp³-hybridized carbons (Fsp3) is 0.400. The number of hydrogen-bond acceptors (Lipinski definition) is 8. The lowest BCUT2D eigenvalue weighted by atomic mass is 9.92. The van der Waals surface area contributed by atoms with Gasteiger partial charge in [-0.3, -0.25) is 0 Å². The molecule has 7 nitrogen and oxygen atoms in total. The average Bonchev–Trinajstić information content (AvgIpc) is 3.64. The first-order valence-corrected chi connectivity index (χ1v) is 16.1. The molecule has 47 heavy (non-hydrogen) atoms. The summed E-state index contributed by atoms with van der Waals surface area (Å²) in [4.78, 5) is 3.72. The van der Waals surface area contributed by atoms with Crippen molar-refractivity contribution in [2.75, 3.05) is 24.6 Å². The Morgan fingerprint density at radius 2 is 1.66 bits per heavy atom. The molecule has 12 heteroatoms. The Hall–Kier alpha value is -4.44. The molecule has 0 bridgehead atoms. The minimum absolute atomic E-state index is 0.0287. The van der Waals surface area contributed by atoms with Crippen LogP contribution < -0.4 is 9.64 Å². The molecule has 1 aliphatic heterocycles. The number of allylic oxidation sites excluding steroid dienone is 2. The van der Waals surface area contributed by atoms with Gasteiger partial charge < -0.3 is 19.5 Å². The van der Waals surface area contributed by atoms with Gasteiger partial charge in [-0.2, -0.15) is 29.0 Å². The lowest BCUT2D eigenvalue weighted by Gasteiger charge is -2.28. The van der Waals surface area contributed by atoms with E-state index in [1.807, 2.05) is 30.4 Å². The van der Waals surface area contributed by atoms with E-state index in [9.17, 15) is 34.1 Å². The first-order chi connectivity index (χ1) is 22.5. The molecule has 0 saturated heterocycles. The highest BCUT2D eigenvalue weighted by atomic mass is 32.1. The molecule has 3 rings (SSSR count). The summed E-state index contributed by atoms with van der Waals surface area (Å²) in [6, 6.07) is 14.1. The van der Waals surface area contributed by atoms with Crippen LogP contribution in [0.3, 0.4) is 0 Å². The third-order valence-electron chi connectivity index (χ3n) is 7.54. The zero-order valence-electron chi connectivity index (χ0n) is 26.6. The SMILES string of the molecule is [B]CC(O)COc1cc(N(CCCC)CCCC)ccc1/C=C/c1ccc(/C=C/C2=C(C#N)C(=C(C#N)C#N)OC2(C)C(F)(F)F)s1. The van der Waals surface area contributed by atoms with Gasteiger partial charge in [0.1, 0.15) is 36.1 Å². The Kier molecular flexibility index (Phi) is 13.3. The van der Waals surface area contributed by atoms with E-state index in [1.165, 1.54) is 29.6 Å². The topological polar surface area (TPSA) is 113 Å². The number of aliphatic hydroxyl groups is 1. The number of alkyl halides is 3. The number of ether oxygens (including phenoxy) is 2. The van der Waals surface area contributed by atoms with Gasteiger partial charge in [0.15, 0.2) is 11.3 Å². The number of unbranched alkanes of at least 4 members (excludes halogenated alkanes) is 2. The summed E-state index contributed by atoms with van der Waals surface area (Å²) in [6.45, 7) is 6.92. The van der Waals surface area contributed by atoms with Crippen LogP contribution in [0, 0.1) is 34.0 Å². The minimum atomic E-state index is -4.94. The van der Waals surface area contributed by atoms with E-state index in [0.717, 1.165) is 67.9 Å². The Bertz CT molecular complexity index is 1640. The van der Waals surface area contributed by atoms with Crippen molar-refractivity contribution in [2.45, 2.75) is 70.7 Å². The molecule has 2 heterocycles. The van der Waals surface area contributed by atoms with Gasteiger partial charge in [0.25, 0.3) is 0 Å². The van der Waals surface area contributed by atoms with Crippen molar-refractivity contribution in [3.63, 3.8) is 0 Å². The van der Waals surface area contributed by atoms with E-state index in [2.05, 4.69) is 18.7 Å². The summed E-state index contributed by atoms with van der Waals surface area (Å²) in [6.07, 6.45) is 4.84. The maximum Gasteiger partial charge on any atom is 0.432 e. The lowest BCUT2D eigenvalue weighted by molar-refractivity contribution is -0.236. The minimum Gasteiger partial charge on any atom is -0.490 e. The molecule has 1 aromatic heterocycles. The predicted octanol–water partition coefficient (Wildman–Crippen LogP) is 8.14. The van der Waals surface area contributed by atoms with Crippen molar-refractivity contribution in [2.24, 2.45) is 0 Å². The second kappa shape index (κ2) is 16.9. The number of nitrogens with zero attached hydrogens (tertiary/aromatic N) is 4. The van der Waals surface area contributed by atoms with Crippen molar-refractivity contribution in [1.29, 1.82) is 15.8 Å². The van der Waals surface area contributed by atoms with Crippen molar-refractivity contribution >= 4 is 43.1 Å². The van der Waals surface area contributed by atoms with Gasteiger partial charge in [0, 0.05) is 45.7 Å². The van der Waals surface area contributed by atoms with Crippen molar-refractivity contribution in [1.82, 2.24) is 0 Å². The van der Waals surface area contributed by atoms with Crippen molar-refractivity contribution in [3.05, 3.63) is 74.2 Å². The van der Waals surface area contributed by atoms with Gasteiger partial charge >= 0.3 is 6.18 Å². The summed E-state index contributed by atoms with van der Waals surface area (Å²) in [5, 5.41) is 38.1. The largest absolute Gasteiger partial charge is 0.490 e. The highest BCUT2D eigenvalue weighted by Gasteiger charge is 2.60. The Balaban J connectivity index is 1.94. The molecule has 1 N–H and O–H groups in total. The highest BCUT2D eigenvalue weighted by molar-refractivity contribution is 7.13. The lowest BCUT2D eigenvalue weighted by Crippen LogP contribution is -2.43. The van der Waals surface area contributed by atoms with Crippen molar-refractivity contribution < 1.29 is 27.8 Å². The van der Waals surface area contributed by atoms with Crippen LogP contribution >= 0.6 is 11.3 Å². The highest BCUT2D eigenvalue weighted by Crippen LogP contribution is 2.49. The molecule has 0 saturated carbocycles. The number of anilines is 1. The van der Waals surface area contributed by atoms with E-state index in [0.29, 0.717) is 10.6 Å². The third kappa shape index (κ3) is 9.10. The van der Waals surface area contributed by atoms with E-state index < -0.39 is 40.4 Å². The fourth-order valence-corrected chi connectivity index (χ4v) is 5.54. The van der Waals surface area contributed by atoms with Crippen LogP contribution in [0.4, 0.5) is 18.9 Å². The average molecular weight is 661 g/mol. The third-order valence-corrected chi connectivity index (χ3v) is 8.55. The molecular formula is C35H36BF3N4O3S. The molecule has 244 valence electrons. The molecule has 2 atom stereocenters. The quantitative estimate of drug-likeness (QED) is 0.152. The summed E-state index contributed by atoms with van der Waals surface area (Å²) in [5.74, 6) is -0.101. The summed E-state index contributed by atoms with van der Waals surface area (Å²) in [7, 11) is 5.58. The van der Waals surface area contributed by atoms with Gasteiger partial charge in [-0.15, -0.1) is 11.3 Å². The fourth-order valence-electron chi connectivity index (χ4n) is 4.73. The number of halogens is 3. The Morgan fingerprint density at radius 3 is 2.19 bits per heavy atom. The molecule has 0 fully saturated rings. The molecule has 2 unspecified atom stereocenters. The maximum atomic E-state index is 14.1. The zero-order valence-corrected chi connectivity index (χ0v) is 27.4. The van der Waals surface area contributed by atoms with Crippen LogP contribution in [-0.4, -0.2) is 50.5 Å². The van der Waals surface area contributed by atoms with Crippen LogP contribution in [0.2, 0.25) is 6.32 Å². The molecule has 1 aromatic carbocycles. The number of aliphatic hydroxyl groups excluding tert-OH is 1. The normalized spacial score (nSPS) is 17.0. The second-order valence-electron chi connectivity index (χ2n) is 11.0. The van der Waals surface area contributed by atoms with E-state index >= 15 is 0 Å². The zero-order chi connectivity index (χ0) is 34.6. The number of rotatable bonds is 15. The molecule has 1 aliphatic rings. The number of nitriles is 3. The van der Waals surface area contributed by atoms with Crippen LogP contribution in [-0.2, 0) is 4.74 Å². The van der Waals surface area contributed by atoms with E-state index in [1.54, 1.807) is 18.2 Å². The van der Waals surface area contributed by atoms with Crippen LogP contribution in [0.5, 0.6) is 5.75 Å². The first kappa shape index (κ1) is 37.0. The van der Waals surface area contributed by atoms with Gasteiger partial charge in [0.2, 0.25) is 5.60 Å². The van der Waals surface area contributed by atoms with Crippen LogP contribution in [0.1, 0.15) is 61.8 Å². The van der Waals surface area contributed by atoms with Crippen LogP contribution in [0.15, 0.2) is 58.9 Å². The Labute approximate surface area is 279 Å². The molecule has 0 aliphatic carbocycles. The number of hydrogen-bond donors (Lipinski definition) is 1. The van der Waals surface area contributed by atoms with Crippen LogP contribution in [0.25, 0.3) is 18.2 Å². The molecular weight excluding hydrogens is 624 g/mol. The monoisotopic (exact) mass is 660 g/mol. The van der Waals surface area contributed by atoms with E-state index in [-0.39, 0.29) is 12.9 Å². The molecule has 2 radical (unpaired) electrons. The predicted molar refractivity (Wildman–Crippen MR) is 179 cm³/mol. The van der Waals surface area contributed by atoms with Gasteiger partial charge in [-0.25, -0.2) is 0 Å². The van der Waals surface area contributed by atoms with Gasteiger partial charge in [0.05, 0.1) is 14.0 Å². The van der Waals surface area contributed by atoms with E-state index in [4.69, 9.17) is 17.3 Å². The molecule has 2 aromatic rings. The standard InChI is InChI=1S/C35H36BF3N4O3S/c1-4-6-16-43(17-7-5-2)26-10-8-24(32(18-26)45-23-27(44)19-36)9-11-28-12-13-29(47-28)14-15-31-30(22-42)33(25(20-40)21-41)46-34(31,3)35(37,38)39/h8-15,18,27,44H,4-7,16-17,19,23H2,1-3H3/b11-9+,15-14+. The Morgan fingerprint density at radius 1 is 1.04 bits per heavy atom. The first-order valence-electron chi connectivity index (χ1n) is 15.3. The van der Waals surface area contributed by atoms with Gasteiger partial charge in [-0.05, 0) is 62.3 Å².